The molecule has 0 aromatic heterocycles. The fourth-order valence-electron chi connectivity index (χ4n) is 3.62. The Bertz CT molecular complexity index is 676. The second kappa shape index (κ2) is 6.55. The predicted octanol–water partition coefficient (Wildman–Crippen LogP) is 1.47. The van der Waals surface area contributed by atoms with Crippen LogP contribution in [0.25, 0.3) is 5.57 Å². The molecule has 1 saturated heterocycles. The number of amides is 1. The van der Waals surface area contributed by atoms with E-state index in [2.05, 4.69) is 5.32 Å². The van der Waals surface area contributed by atoms with Crippen LogP contribution in [-0.2, 0) is 14.4 Å². The summed E-state index contributed by atoms with van der Waals surface area (Å²) in [4.78, 5) is 18.1. The first-order valence-corrected chi connectivity index (χ1v) is 8.27. The lowest BCUT2D eigenvalue weighted by Gasteiger charge is -2.39. The van der Waals surface area contributed by atoms with Gasteiger partial charge in [-0.3, -0.25) is 10.5 Å². The van der Waals surface area contributed by atoms with Crippen molar-refractivity contribution in [1.29, 1.82) is 0 Å². The molecule has 0 unspecified atom stereocenters. The zero-order valence-corrected chi connectivity index (χ0v) is 14.5. The van der Waals surface area contributed by atoms with Gasteiger partial charge in [0.25, 0.3) is 5.91 Å². The van der Waals surface area contributed by atoms with Crippen LogP contribution in [0.3, 0.4) is 0 Å². The molecule has 2 heterocycles. The van der Waals surface area contributed by atoms with E-state index in [1.54, 1.807) is 7.11 Å². The fourth-order valence-corrected chi connectivity index (χ4v) is 3.62. The highest BCUT2D eigenvalue weighted by molar-refractivity contribution is 6.23. The summed E-state index contributed by atoms with van der Waals surface area (Å²) in [5.74, 6) is 0.595. The lowest BCUT2D eigenvalue weighted by Crippen LogP contribution is -2.53. The molecule has 3 rings (SSSR count). The molecule has 0 bridgehead atoms. The van der Waals surface area contributed by atoms with Crippen molar-refractivity contribution in [1.82, 2.24) is 10.4 Å². The second-order valence-corrected chi connectivity index (χ2v) is 6.48. The molecule has 3 N–H and O–H groups in total. The summed E-state index contributed by atoms with van der Waals surface area (Å²) >= 11 is 0. The van der Waals surface area contributed by atoms with Crippen molar-refractivity contribution < 1.29 is 14.4 Å². The maximum atomic E-state index is 12.8. The van der Waals surface area contributed by atoms with Crippen LogP contribution in [0.4, 0.5) is 0 Å². The zero-order chi connectivity index (χ0) is 17.3. The van der Waals surface area contributed by atoms with Gasteiger partial charge in [0.05, 0.1) is 12.7 Å². The molecule has 6 nitrogen and oxygen atoms in total. The van der Waals surface area contributed by atoms with Gasteiger partial charge in [-0.2, -0.15) is 5.06 Å². The first kappa shape index (κ1) is 17.0. The van der Waals surface area contributed by atoms with Crippen molar-refractivity contribution >= 4 is 11.5 Å². The maximum absolute atomic E-state index is 12.8. The Labute approximate surface area is 142 Å². The number of rotatable bonds is 4. The number of ether oxygens (including phenoxy) is 1. The standard InChI is InChI=1S/C18H25N3O3/c1-12-4-5-13(2)14(10-12)15-16(24-11-19)18(20-17(15)22)6-8-21(23-3)9-7-18/h4-5,10H,6-9,11,19H2,1-3H3,(H,20,22). The van der Waals surface area contributed by atoms with Crippen LogP contribution in [0.5, 0.6) is 0 Å². The topological polar surface area (TPSA) is 76.8 Å². The van der Waals surface area contributed by atoms with Gasteiger partial charge in [-0.05, 0) is 37.8 Å². The van der Waals surface area contributed by atoms with E-state index in [1.807, 2.05) is 37.1 Å². The summed E-state index contributed by atoms with van der Waals surface area (Å²) in [7, 11) is 1.67. The molecule has 1 aromatic rings. The van der Waals surface area contributed by atoms with Crippen LogP contribution in [0, 0.1) is 13.8 Å². The van der Waals surface area contributed by atoms with Gasteiger partial charge in [-0.25, -0.2) is 0 Å². The minimum atomic E-state index is -0.489. The number of nitrogens with one attached hydrogen (secondary N) is 1. The highest BCUT2D eigenvalue weighted by Crippen LogP contribution is 2.41. The molecule has 1 amide bonds. The third-order valence-corrected chi connectivity index (χ3v) is 4.97. The Morgan fingerprint density at radius 2 is 2.00 bits per heavy atom. The van der Waals surface area contributed by atoms with Crippen molar-refractivity contribution in [2.45, 2.75) is 32.2 Å². The summed E-state index contributed by atoms with van der Waals surface area (Å²) in [6.07, 6.45) is 1.46. The van der Waals surface area contributed by atoms with Gasteiger partial charge in [0.1, 0.15) is 18.0 Å². The lowest BCUT2D eigenvalue weighted by atomic mass is 9.85. The number of hydrogen-bond acceptors (Lipinski definition) is 5. The second-order valence-electron chi connectivity index (χ2n) is 6.48. The summed E-state index contributed by atoms with van der Waals surface area (Å²) in [6.45, 7) is 5.54. The maximum Gasteiger partial charge on any atom is 0.256 e. The summed E-state index contributed by atoms with van der Waals surface area (Å²) in [6, 6.07) is 6.11. The van der Waals surface area contributed by atoms with Gasteiger partial charge < -0.3 is 14.9 Å². The van der Waals surface area contributed by atoms with Crippen molar-refractivity contribution in [3.05, 3.63) is 40.6 Å². The van der Waals surface area contributed by atoms with E-state index >= 15 is 0 Å². The molecule has 24 heavy (non-hydrogen) atoms. The van der Waals surface area contributed by atoms with Crippen molar-refractivity contribution in [3.63, 3.8) is 0 Å². The highest BCUT2D eigenvalue weighted by atomic mass is 16.7. The van der Waals surface area contributed by atoms with E-state index in [1.165, 1.54) is 0 Å². The molecule has 2 aliphatic heterocycles. The van der Waals surface area contributed by atoms with Gasteiger partial charge in [0.2, 0.25) is 0 Å². The summed E-state index contributed by atoms with van der Waals surface area (Å²) in [5.41, 5.74) is 8.88. The minimum absolute atomic E-state index is 0.0500. The van der Waals surface area contributed by atoms with Crippen LogP contribution >= 0.6 is 0 Å². The molecule has 1 aromatic carbocycles. The lowest BCUT2D eigenvalue weighted by molar-refractivity contribution is -0.153. The van der Waals surface area contributed by atoms with Gasteiger partial charge in [0, 0.05) is 13.1 Å². The number of nitrogens with two attached hydrogens (primary N) is 1. The van der Waals surface area contributed by atoms with E-state index in [9.17, 15) is 4.79 Å². The molecule has 0 saturated carbocycles. The molecule has 6 heteroatoms. The quantitative estimate of drug-likeness (QED) is 0.817. The average Bonchev–Trinajstić information content (AvgIpc) is 2.83. The Hall–Kier alpha value is -1.89. The molecule has 130 valence electrons. The smallest absolute Gasteiger partial charge is 0.256 e. The van der Waals surface area contributed by atoms with E-state index in [0.29, 0.717) is 11.3 Å². The van der Waals surface area contributed by atoms with Crippen LogP contribution < -0.4 is 11.1 Å². The zero-order valence-electron chi connectivity index (χ0n) is 14.5. The molecular formula is C18H25N3O3. The molecule has 1 spiro atoms. The number of hydrogen-bond donors (Lipinski definition) is 2. The van der Waals surface area contributed by atoms with Crippen LogP contribution in [-0.4, -0.2) is 43.4 Å². The van der Waals surface area contributed by atoms with E-state index in [-0.39, 0.29) is 12.6 Å². The van der Waals surface area contributed by atoms with Crippen molar-refractivity contribution in [2.75, 3.05) is 26.9 Å². The number of piperidine rings is 1. The Morgan fingerprint density at radius 1 is 1.29 bits per heavy atom. The normalized spacial score (nSPS) is 20.6. The largest absolute Gasteiger partial charge is 0.480 e. The number of hydroxylamine groups is 2. The van der Waals surface area contributed by atoms with Gasteiger partial charge >= 0.3 is 0 Å². The fraction of sp³-hybridized carbons (Fsp3) is 0.500. The summed E-state index contributed by atoms with van der Waals surface area (Å²) < 4.78 is 5.81. The number of nitrogens with zero attached hydrogens (tertiary/aromatic N) is 1. The monoisotopic (exact) mass is 331 g/mol. The third kappa shape index (κ3) is 2.81. The van der Waals surface area contributed by atoms with Gasteiger partial charge in [-0.15, -0.1) is 0 Å². The molecule has 0 aliphatic carbocycles. The molecule has 0 radical (unpaired) electrons. The summed E-state index contributed by atoms with van der Waals surface area (Å²) in [5, 5.41) is 5.06. The SMILES string of the molecule is CON1CCC2(CC1)NC(=O)C(c1cc(C)ccc1C)=C2OCN. The number of carbonyl (C=O) groups excluding carboxylic acids is 1. The number of aryl methyl sites for hydroxylation is 2. The Balaban J connectivity index is 2.07. The Morgan fingerprint density at radius 3 is 2.62 bits per heavy atom. The highest BCUT2D eigenvalue weighted by Gasteiger charge is 2.49. The Kier molecular flexibility index (Phi) is 4.62. The average molecular weight is 331 g/mol. The first-order valence-electron chi connectivity index (χ1n) is 8.27. The molecular weight excluding hydrogens is 306 g/mol. The first-order chi connectivity index (χ1) is 11.5. The minimum Gasteiger partial charge on any atom is -0.480 e. The number of carbonyl (C=O) groups is 1. The third-order valence-electron chi connectivity index (χ3n) is 4.97. The number of benzene rings is 1. The van der Waals surface area contributed by atoms with Crippen molar-refractivity contribution in [3.8, 4) is 0 Å². The van der Waals surface area contributed by atoms with E-state index in [0.717, 1.165) is 42.6 Å². The van der Waals surface area contributed by atoms with E-state index in [4.69, 9.17) is 15.3 Å². The molecule has 0 atom stereocenters. The van der Waals surface area contributed by atoms with Gasteiger partial charge in [-0.1, -0.05) is 23.8 Å². The molecule has 2 aliphatic rings. The van der Waals surface area contributed by atoms with Gasteiger partial charge in [0.15, 0.2) is 0 Å². The van der Waals surface area contributed by atoms with Crippen LogP contribution in [0.1, 0.15) is 29.5 Å². The van der Waals surface area contributed by atoms with E-state index < -0.39 is 5.54 Å². The molecule has 1 fully saturated rings. The van der Waals surface area contributed by atoms with Crippen molar-refractivity contribution in [2.24, 2.45) is 5.73 Å². The predicted molar refractivity (Wildman–Crippen MR) is 91.7 cm³/mol. The van der Waals surface area contributed by atoms with Crippen LogP contribution in [0.2, 0.25) is 0 Å². The van der Waals surface area contributed by atoms with Crippen LogP contribution in [0.15, 0.2) is 24.0 Å².